The molecular weight excluding hydrogens is 324 g/mol. The van der Waals surface area contributed by atoms with Gasteiger partial charge in [-0.3, -0.25) is 9.59 Å². The standard InChI is InChI=1S/C17H20N4O4/c1-9-3-4-14-19-11(6-21(14)5-9)17(23)20-13-8-25-15-12(18-10(2)22)7-24-16(13)15/h3-6,12-13,15-16H,7-8H2,1-2H3,(H,18,22)(H,20,23)/t12-,13-,15+,16+/m0/s1. The van der Waals surface area contributed by atoms with E-state index in [1.54, 1.807) is 6.20 Å². The highest BCUT2D eigenvalue weighted by atomic mass is 16.6. The Kier molecular flexibility index (Phi) is 3.93. The molecule has 2 aromatic rings. The van der Waals surface area contributed by atoms with E-state index in [1.807, 2.05) is 29.7 Å². The van der Waals surface area contributed by atoms with Crippen molar-refractivity contribution in [2.45, 2.75) is 38.1 Å². The SMILES string of the molecule is CC(=O)N[C@H]1CO[C@H]2[C@@H]1OC[C@@H]2NC(=O)c1cn2cc(C)ccc2n1. The topological polar surface area (TPSA) is 94.0 Å². The normalized spacial score (nSPS) is 28.1. The molecule has 0 radical (unpaired) electrons. The largest absolute Gasteiger partial charge is 0.371 e. The molecule has 8 heteroatoms. The lowest BCUT2D eigenvalue weighted by Crippen LogP contribution is -2.46. The van der Waals surface area contributed by atoms with E-state index >= 15 is 0 Å². The number of imidazole rings is 1. The van der Waals surface area contributed by atoms with Crippen LogP contribution in [0.2, 0.25) is 0 Å². The van der Waals surface area contributed by atoms with Gasteiger partial charge in [-0.05, 0) is 18.6 Å². The second-order valence-electron chi connectivity index (χ2n) is 6.58. The van der Waals surface area contributed by atoms with Crippen molar-refractivity contribution < 1.29 is 19.1 Å². The summed E-state index contributed by atoms with van der Waals surface area (Å²) in [7, 11) is 0. The van der Waals surface area contributed by atoms with Crippen molar-refractivity contribution in [3.8, 4) is 0 Å². The number of carbonyl (C=O) groups excluding carboxylic acids is 2. The van der Waals surface area contributed by atoms with Crippen molar-refractivity contribution in [2.75, 3.05) is 13.2 Å². The molecule has 0 bridgehead atoms. The predicted molar refractivity (Wildman–Crippen MR) is 88.3 cm³/mol. The molecule has 4 rings (SSSR count). The number of ether oxygens (including phenoxy) is 2. The highest BCUT2D eigenvalue weighted by Gasteiger charge is 2.48. The second kappa shape index (κ2) is 6.12. The number of pyridine rings is 1. The van der Waals surface area contributed by atoms with E-state index in [4.69, 9.17) is 9.47 Å². The number of aromatic nitrogens is 2. The fourth-order valence-corrected chi connectivity index (χ4v) is 3.46. The highest BCUT2D eigenvalue weighted by Crippen LogP contribution is 2.27. The maximum atomic E-state index is 12.5. The summed E-state index contributed by atoms with van der Waals surface area (Å²) in [6.45, 7) is 4.18. The van der Waals surface area contributed by atoms with E-state index < -0.39 is 0 Å². The molecule has 4 atom stereocenters. The Balaban J connectivity index is 1.45. The van der Waals surface area contributed by atoms with Crippen molar-refractivity contribution in [3.05, 3.63) is 35.8 Å². The number of aryl methyl sites for hydroxylation is 1. The molecule has 4 heterocycles. The van der Waals surface area contributed by atoms with E-state index in [2.05, 4.69) is 15.6 Å². The van der Waals surface area contributed by atoms with Gasteiger partial charge in [-0.1, -0.05) is 6.07 Å². The summed E-state index contributed by atoms with van der Waals surface area (Å²) in [6, 6.07) is 3.39. The number of nitrogens with one attached hydrogen (secondary N) is 2. The minimum atomic E-state index is -0.264. The number of carbonyl (C=O) groups is 2. The molecule has 2 N–H and O–H groups in total. The van der Waals surface area contributed by atoms with Crippen LogP contribution >= 0.6 is 0 Å². The van der Waals surface area contributed by atoms with Crippen LogP contribution in [0, 0.1) is 6.92 Å². The zero-order valence-corrected chi connectivity index (χ0v) is 14.1. The van der Waals surface area contributed by atoms with Crippen LogP contribution in [0.3, 0.4) is 0 Å². The van der Waals surface area contributed by atoms with Crippen LogP contribution in [0.4, 0.5) is 0 Å². The summed E-state index contributed by atoms with van der Waals surface area (Å²) in [5, 5.41) is 5.76. The summed E-state index contributed by atoms with van der Waals surface area (Å²) in [4.78, 5) is 28.1. The van der Waals surface area contributed by atoms with Crippen LogP contribution in [0.15, 0.2) is 24.5 Å². The molecule has 132 valence electrons. The molecule has 0 saturated carbocycles. The first-order valence-corrected chi connectivity index (χ1v) is 8.28. The average molecular weight is 344 g/mol. The molecule has 8 nitrogen and oxygen atoms in total. The lowest BCUT2D eigenvalue weighted by atomic mass is 10.1. The Morgan fingerprint density at radius 2 is 1.80 bits per heavy atom. The summed E-state index contributed by atoms with van der Waals surface area (Å²) >= 11 is 0. The predicted octanol–water partition coefficient (Wildman–Crippen LogP) is 0.0434. The van der Waals surface area contributed by atoms with Gasteiger partial charge >= 0.3 is 0 Å². The third-order valence-electron chi connectivity index (χ3n) is 4.59. The summed E-state index contributed by atoms with van der Waals surface area (Å²) in [6.07, 6.45) is 3.13. The van der Waals surface area contributed by atoms with Gasteiger partial charge in [0.1, 0.15) is 23.5 Å². The summed E-state index contributed by atoms with van der Waals surface area (Å²) in [5.74, 6) is -0.382. The van der Waals surface area contributed by atoms with Crippen LogP contribution in [0.5, 0.6) is 0 Å². The molecule has 2 amide bonds. The minimum absolute atomic E-state index is 0.120. The van der Waals surface area contributed by atoms with Gasteiger partial charge in [0.25, 0.3) is 5.91 Å². The van der Waals surface area contributed by atoms with E-state index in [0.717, 1.165) is 11.2 Å². The lowest BCUT2D eigenvalue weighted by Gasteiger charge is -2.17. The Morgan fingerprint density at radius 3 is 2.48 bits per heavy atom. The molecule has 2 fully saturated rings. The number of amides is 2. The molecule has 0 aromatic carbocycles. The third kappa shape index (κ3) is 2.98. The quantitative estimate of drug-likeness (QED) is 0.820. The van der Waals surface area contributed by atoms with Crippen molar-refractivity contribution in [2.24, 2.45) is 0 Å². The zero-order chi connectivity index (χ0) is 17.6. The monoisotopic (exact) mass is 344 g/mol. The van der Waals surface area contributed by atoms with E-state index in [-0.39, 0.29) is 36.1 Å². The van der Waals surface area contributed by atoms with Gasteiger partial charge in [0.15, 0.2) is 0 Å². The fourth-order valence-electron chi connectivity index (χ4n) is 3.46. The molecule has 2 saturated heterocycles. The van der Waals surface area contributed by atoms with Gasteiger partial charge in [-0.15, -0.1) is 0 Å². The van der Waals surface area contributed by atoms with Crippen LogP contribution in [-0.4, -0.2) is 58.7 Å². The molecule has 0 unspecified atom stereocenters. The summed E-state index contributed by atoms with van der Waals surface area (Å²) < 4.78 is 13.3. The van der Waals surface area contributed by atoms with Crippen LogP contribution in [0.25, 0.3) is 5.65 Å². The Morgan fingerprint density at radius 1 is 1.12 bits per heavy atom. The Hall–Kier alpha value is -2.45. The maximum Gasteiger partial charge on any atom is 0.271 e. The zero-order valence-electron chi connectivity index (χ0n) is 14.1. The van der Waals surface area contributed by atoms with Crippen molar-refractivity contribution in [3.63, 3.8) is 0 Å². The van der Waals surface area contributed by atoms with Crippen LogP contribution in [-0.2, 0) is 14.3 Å². The van der Waals surface area contributed by atoms with Gasteiger partial charge in [-0.2, -0.15) is 0 Å². The first kappa shape index (κ1) is 16.0. The van der Waals surface area contributed by atoms with E-state index in [9.17, 15) is 9.59 Å². The van der Waals surface area contributed by atoms with Crippen molar-refractivity contribution >= 4 is 17.5 Å². The molecule has 2 aliphatic rings. The van der Waals surface area contributed by atoms with Crippen molar-refractivity contribution in [1.29, 1.82) is 0 Å². The maximum absolute atomic E-state index is 12.5. The van der Waals surface area contributed by atoms with Crippen LogP contribution in [0.1, 0.15) is 23.0 Å². The highest BCUT2D eigenvalue weighted by molar-refractivity contribution is 5.93. The third-order valence-corrected chi connectivity index (χ3v) is 4.59. The molecule has 2 aromatic heterocycles. The van der Waals surface area contributed by atoms with Gasteiger partial charge in [-0.25, -0.2) is 4.98 Å². The number of hydrogen-bond donors (Lipinski definition) is 2. The number of hydrogen-bond acceptors (Lipinski definition) is 5. The van der Waals surface area contributed by atoms with Crippen molar-refractivity contribution in [1.82, 2.24) is 20.0 Å². The molecule has 0 spiro atoms. The second-order valence-corrected chi connectivity index (χ2v) is 6.58. The summed E-state index contributed by atoms with van der Waals surface area (Å²) in [5.41, 5.74) is 2.16. The van der Waals surface area contributed by atoms with Gasteiger partial charge in [0.05, 0.1) is 25.3 Å². The molecule has 0 aliphatic carbocycles. The molecule has 25 heavy (non-hydrogen) atoms. The van der Waals surface area contributed by atoms with E-state index in [0.29, 0.717) is 18.9 Å². The first-order valence-electron chi connectivity index (χ1n) is 8.28. The fraction of sp³-hybridized carbons (Fsp3) is 0.471. The van der Waals surface area contributed by atoms with Gasteiger partial charge < -0.3 is 24.5 Å². The first-order chi connectivity index (χ1) is 12.0. The number of fused-ring (bicyclic) bond motifs is 2. The molecule has 2 aliphatic heterocycles. The lowest BCUT2D eigenvalue weighted by molar-refractivity contribution is -0.120. The Bertz CT molecular complexity index is 833. The smallest absolute Gasteiger partial charge is 0.271 e. The molecular formula is C17H20N4O4. The average Bonchev–Trinajstić information content (AvgIpc) is 3.23. The number of nitrogens with zero attached hydrogens (tertiary/aromatic N) is 2. The minimum Gasteiger partial charge on any atom is -0.371 e. The Labute approximate surface area is 144 Å². The van der Waals surface area contributed by atoms with Gasteiger partial charge in [0.2, 0.25) is 5.91 Å². The number of rotatable bonds is 3. The van der Waals surface area contributed by atoms with E-state index in [1.165, 1.54) is 6.92 Å². The van der Waals surface area contributed by atoms with Crippen LogP contribution < -0.4 is 10.6 Å². The van der Waals surface area contributed by atoms with Gasteiger partial charge in [0, 0.05) is 19.3 Å².